The molecule has 0 saturated carbocycles. The molecule has 1 saturated heterocycles. The molecule has 1 aromatic rings. The standard InChI is InChI=1S/C15H24N2O3/c1-11-10-17(7-5-6-16-11)12-8-13(18-2)15(20-4)14(9-12)19-3/h8-9,11,16H,5-7,10H2,1-4H3. The third-order valence-corrected chi connectivity index (χ3v) is 3.61. The van der Waals surface area contributed by atoms with Crippen molar-refractivity contribution < 1.29 is 14.2 Å². The Bertz CT molecular complexity index is 426. The highest BCUT2D eigenvalue weighted by Crippen LogP contribution is 2.41. The second-order valence-corrected chi connectivity index (χ2v) is 5.04. The molecule has 112 valence electrons. The van der Waals surface area contributed by atoms with Crippen LogP contribution in [0, 0.1) is 0 Å². The SMILES string of the molecule is COc1cc(N2CCCNC(C)C2)cc(OC)c1OC. The lowest BCUT2D eigenvalue weighted by atomic mass is 10.2. The summed E-state index contributed by atoms with van der Waals surface area (Å²) in [7, 11) is 4.92. The Morgan fingerprint density at radius 1 is 1.10 bits per heavy atom. The van der Waals surface area contributed by atoms with Crippen molar-refractivity contribution in [3.05, 3.63) is 12.1 Å². The van der Waals surface area contributed by atoms with Gasteiger partial charge in [-0.05, 0) is 19.9 Å². The summed E-state index contributed by atoms with van der Waals surface area (Å²) >= 11 is 0. The fraction of sp³-hybridized carbons (Fsp3) is 0.600. The molecule has 0 aromatic heterocycles. The van der Waals surface area contributed by atoms with E-state index in [1.165, 1.54) is 0 Å². The van der Waals surface area contributed by atoms with Crippen molar-refractivity contribution in [1.29, 1.82) is 0 Å². The third kappa shape index (κ3) is 3.10. The number of methoxy groups -OCH3 is 3. The number of nitrogens with one attached hydrogen (secondary N) is 1. The van der Waals surface area contributed by atoms with E-state index in [0.29, 0.717) is 23.3 Å². The van der Waals surface area contributed by atoms with Gasteiger partial charge in [0.2, 0.25) is 5.75 Å². The Labute approximate surface area is 120 Å². The minimum atomic E-state index is 0.469. The van der Waals surface area contributed by atoms with E-state index < -0.39 is 0 Å². The largest absolute Gasteiger partial charge is 0.493 e. The first-order valence-electron chi connectivity index (χ1n) is 6.98. The quantitative estimate of drug-likeness (QED) is 0.912. The Morgan fingerprint density at radius 2 is 1.75 bits per heavy atom. The van der Waals surface area contributed by atoms with Gasteiger partial charge in [-0.1, -0.05) is 0 Å². The van der Waals surface area contributed by atoms with Crippen molar-refractivity contribution in [2.24, 2.45) is 0 Å². The first-order valence-corrected chi connectivity index (χ1v) is 6.98. The van der Waals surface area contributed by atoms with Gasteiger partial charge in [0.1, 0.15) is 0 Å². The fourth-order valence-corrected chi connectivity index (χ4v) is 2.59. The third-order valence-electron chi connectivity index (χ3n) is 3.61. The number of nitrogens with zero attached hydrogens (tertiary/aromatic N) is 1. The summed E-state index contributed by atoms with van der Waals surface area (Å²) in [6.45, 7) is 5.26. The van der Waals surface area contributed by atoms with Crippen LogP contribution in [0.2, 0.25) is 0 Å². The fourth-order valence-electron chi connectivity index (χ4n) is 2.59. The lowest BCUT2D eigenvalue weighted by Crippen LogP contribution is -2.35. The molecular weight excluding hydrogens is 256 g/mol. The van der Waals surface area contributed by atoms with Gasteiger partial charge in [-0.3, -0.25) is 0 Å². The predicted molar refractivity (Wildman–Crippen MR) is 80.4 cm³/mol. The van der Waals surface area contributed by atoms with Crippen molar-refractivity contribution in [3.63, 3.8) is 0 Å². The lowest BCUT2D eigenvalue weighted by Gasteiger charge is -2.26. The Balaban J connectivity index is 2.35. The zero-order chi connectivity index (χ0) is 14.5. The van der Waals surface area contributed by atoms with Crippen LogP contribution in [0.1, 0.15) is 13.3 Å². The molecule has 1 N–H and O–H groups in total. The van der Waals surface area contributed by atoms with E-state index in [1.54, 1.807) is 21.3 Å². The van der Waals surface area contributed by atoms with E-state index in [4.69, 9.17) is 14.2 Å². The van der Waals surface area contributed by atoms with Crippen LogP contribution in [-0.2, 0) is 0 Å². The van der Waals surface area contributed by atoms with Crippen molar-refractivity contribution in [2.45, 2.75) is 19.4 Å². The van der Waals surface area contributed by atoms with Crippen molar-refractivity contribution >= 4 is 5.69 Å². The van der Waals surface area contributed by atoms with E-state index in [9.17, 15) is 0 Å². The Kier molecular flexibility index (Phi) is 4.95. The van der Waals surface area contributed by atoms with E-state index in [0.717, 1.165) is 31.7 Å². The van der Waals surface area contributed by atoms with Crippen LogP contribution < -0.4 is 24.4 Å². The van der Waals surface area contributed by atoms with Gasteiger partial charge in [0, 0.05) is 37.0 Å². The highest BCUT2D eigenvalue weighted by atomic mass is 16.5. The van der Waals surface area contributed by atoms with Gasteiger partial charge < -0.3 is 24.4 Å². The average Bonchev–Trinajstić information content (AvgIpc) is 2.70. The summed E-state index contributed by atoms with van der Waals surface area (Å²) in [6, 6.07) is 4.50. The minimum absolute atomic E-state index is 0.469. The van der Waals surface area contributed by atoms with E-state index >= 15 is 0 Å². The predicted octanol–water partition coefficient (Wildman–Crippen LogP) is 1.90. The number of benzene rings is 1. The number of hydrogen-bond donors (Lipinski definition) is 1. The molecule has 1 aliphatic heterocycles. The molecule has 0 spiro atoms. The number of anilines is 1. The molecule has 1 aromatic carbocycles. The summed E-state index contributed by atoms with van der Waals surface area (Å²) in [4.78, 5) is 2.36. The monoisotopic (exact) mass is 280 g/mol. The van der Waals surface area contributed by atoms with Crippen LogP contribution >= 0.6 is 0 Å². The number of hydrogen-bond acceptors (Lipinski definition) is 5. The zero-order valence-electron chi connectivity index (χ0n) is 12.7. The van der Waals surface area contributed by atoms with E-state index in [-0.39, 0.29) is 0 Å². The van der Waals surface area contributed by atoms with Crippen LogP contribution in [0.5, 0.6) is 17.2 Å². The summed E-state index contributed by atoms with van der Waals surface area (Å²) < 4.78 is 16.2. The second kappa shape index (κ2) is 6.70. The molecule has 1 atom stereocenters. The smallest absolute Gasteiger partial charge is 0.203 e. The second-order valence-electron chi connectivity index (χ2n) is 5.04. The molecule has 1 fully saturated rings. The number of ether oxygens (including phenoxy) is 3. The molecule has 1 unspecified atom stereocenters. The summed E-state index contributed by atoms with van der Waals surface area (Å²) in [5.74, 6) is 2.04. The molecule has 1 aliphatic rings. The molecule has 0 bridgehead atoms. The van der Waals surface area contributed by atoms with Crippen LogP contribution in [0.15, 0.2) is 12.1 Å². The van der Waals surface area contributed by atoms with E-state index in [1.807, 2.05) is 12.1 Å². The molecule has 5 heteroatoms. The van der Waals surface area contributed by atoms with Gasteiger partial charge in [-0.25, -0.2) is 0 Å². The first-order chi connectivity index (χ1) is 9.69. The number of rotatable bonds is 4. The average molecular weight is 280 g/mol. The van der Waals surface area contributed by atoms with Gasteiger partial charge in [-0.2, -0.15) is 0 Å². The lowest BCUT2D eigenvalue weighted by molar-refractivity contribution is 0.324. The highest BCUT2D eigenvalue weighted by molar-refractivity contribution is 5.63. The van der Waals surface area contributed by atoms with Crippen molar-refractivity contribution in [2.75, 3.05) is 45.9 Å². The van der Waals surface area contributed by atoms with Crippen molar-refractivity contribution in [3.8, 4) is 17.2 Å². The molecule has 2 rings (SSSR count). The van der Waals surface area contributed by atoms with Crippen LogP contribution in [0.25, 0.3) is 0 Å². The topological polar surface area (TPSA) is 43.0 Å². The summed E-state index contributed by atoms with van der Waals surface area (Å²) in [6.07, 6.45) is 1.13. The first kappa shape index (κ1) is 14.8. The zero-order valence-corrected chi connectivity index (χ0v) is 12.7. The van der Waals surface area contributed by atoms with Gasteiger partial charge in [-0.15, -0.1) is 0 Å². The van der Waals surface area contributed by atoms with Gasteiger partial charge in [0.25, 0.3) is 0 Å². The van der Waals surface area contributed by atoms with Gasteiger partial charge >= 0.3 is 0 Å². The van der Waals surface area contributed by atoms with Crippen LogP contribution in [0.4, 0.5) is 5.69 Å². The molecular formula is C15H24N2O3. The molecule has 5 nitrogen and oxygen atoms in total. The molecule has 0 radical (unpaired) electrons. The molecule has 20 heavy (non-hydrogen) atoms. The highest BCUT2D eigenvalue weighted by Gasteiger charge is 2.19. The maximum Gasteiger partial charge on any atom is 0.203 e. The minimum Gasteiger partial charge on any atom is -0.493 e. The summed E-state index contributed by atoms with van der Waals surface area (Å²) in [5, 5.41) is 3.50. The van der Waals surface area contributed by atoms with Crippen LogP contribution in [0.3, 0.4) is 0 Å². The normalized spacial score (nSPS) is 19.4. The molecule has 1 heterocycles. The van der Waals surface area contributed by atoms with Crippen molar-refractivity contribution in [1.82, 2.24) is 5.32 Å². The summed E-state index contributed by atoms with van der Waals surface area (Å²) in [5.41, 5.74) is 1.11. The Morgan fingerprint density at radius 3 is 2.30 bits per heavy atom. The Hall–Kier alpha value is -1.62. The molecule has 0 amide bonds. The van der Waals surface area contributed by atoms with Crippen LogP contribution in [-0.4, -0.2) is 47.0 Å². The maximum absolute atomic E-state index is 5.42. The van der Waals surface area contributed by atoms with Gasteiger partial charge in [0.15, 0.2) is 11.5 Å². The van der Waals surface area contributed by atoms with Gasteiger partial charge in [0.05, 0.1) is 21.3 Å². The van der Waals surface area contributed by atoms with E-state index in [2.05, 4.69) is 17.1 Å². The molecule has 0 aliphatic carbocycles. The maximum atomic E-state index is 5.42.